The van der Waals surface area contributed by atoms with Gasteiger partial charge in [-0.25, -0.2) is 13.9 Å². The highest BCUT2D eigenvalue weighted by Gasteiger charge is 2.42. The number of likely N-dealkylation sites (tertiary alicyclic amines) is 1. The molecule has 1 fully saturated rings. The van der Waals surface area contributed by atoms with Crippen LogP contribution in [0.5, 0.6) is 5.75 Å². The van der Waals surface area contributed by atoms with E-state index in [0.29, 0.717) is 30.2 Å². The van der Waals surface area contributed by atoms with Crippen molar-refractivity contribution in [1.82, 2.24) is 14.7 Å². The SMILES string of the molecule is CC.COC(=O)C1CC(Oc2cccc(-c3cccc(N)c3C=NCCCCCCN)c2)CN1C(=O)c1cnn(-c2ccc(F)cc2Cl)c1. The van der Waals surface area contributed by atoms with Crippen LogP contribution in [0.4, 0.5) is 10.1 Å². The molecule has 4 N–H and O–H groups in total. The summed E-state index contributed by atoms with van der Waals surface area (Å²) in [5.74, 6) is -0.878. The van der Waals surface area contributed by atoms with Crippen molar-refractivity contribution in [1.29, 1.82) is 0 Å². The number of esters is 1. The number of nitrogen functional groups attached to an aromatic ring is 1. The molecule has 0 aliphatic carbocycles. The molecule has 1 aromatic heterocycles. The summed E-state index contributed by atoms with van der Waals surface area (Å²) in [6.07, 6.45) is 8.64. The van der Waals surface area contributed by atoms with Gasteiger partial charge in [-0.1, -0.05) is 62.6 Å². The second-order valence-corrected chi connectivity index (χ2v) is 11.7. The number of ether oxygens (including phenoxy) is 2. The van der Waals surface area contributed by atoms with Crippen molar-refractivity contribution in [3.05, 3.63) is 95.0 Å². The van der Waals surface area contributed by atoms with Crippen molar-refractivity contribution in [3.63, 3.8) is 0 Å². The number of carbonyl (C=O) groups is 2. The van der Waals surface area contributed by atoms with Gasteiger partial charge in [0.2, 0.25) is 0 Å². The number of rotatable bonds is 13. The number of methoxy groups -OCH3 is 1. The number of unbranched alkanes of at least 4 members (excludes halogenated alkanes) is 3. The van der Waals surface area contributed by atoms with Gasteiger partial charge in [-0.3, -0.25) is 9.79 Å². The van der Waals surface area contributed by atoms with Gasteiger partial charge in [0, 0.05) is 36.6 Å². The molecule has 0 bridgehead atoms. The molecule has 0 saturated carbocycles. The van der Waals surface area contributed by atoms with Gasteiger partial charge >= 0.3 is 5.97 Å². The average molecular weight is 691 g/mol. The Balaban J connectivity index is 0.00000265. The van der Waals surface area contributed by atoms with Crippen LogP contribution in [-0.2, 0) is 9.53 Å². The summed E-state index contributed by atoms with van der Waals surface area (Å²) in [5, 5.41) is 4.37. The first-order valence-electron chi connectivity index (χ1n) is 16.5. The van der Waals surface area contributed by atoms with E-state index in [1.54, 1.807) is 0 Å². The van der Waals surface area contributed by atoms with Crippen molar-refractivity contribution in [2.24, 2.45) is 10.7 Å². The number of halogens is 2. The predicted molar refractivity (Wildman–Crippen MR) is 192 cm³/mol. The minimum Gasteiger partial charge on any atom is -0.488 e. The molecule has 2 unspecified atom stereocenters. The highest BCUT2D eigenvalue weighted by molar-refractivity contribution is 6.32. The lowest BCUT2D eigenvalue weighted by atomic mass is 9.98. The van der Waals surface area contributed by atoms with E-state index < -0.39 is 29.8 Å². The van der Waals surface area contributed by atoms with E-state index in [4.69, 9.17) is 32.5 Å². The summed E-state index contributed by atoms with van der Waals surface area (Å²) in [6, 6.07) is 16.4. The minimum atomic E-state index is -0.856. The Bertz CT molecular complexity index is 1750. The van der Waals surface area contributed by atoms with Gasteiger partial charge in [-0.15, -0.1) is 0 Å². The molecule has 49 heavy (non-hydrogen) atoms. The Kier molecular flexibility index (Phi) is 13.7. The third-order valence-corrected chi connectivity index (χ3v) is 8.34. The van der Waals surface area contributed by atoms with Gasteiger partial charge < -0.3 is 25.8 Å². The summed E-state index contributed by atoms with van der Waals surface area (Å²) in [5.41, 5.74) is 15.8. The van der Waals surface area contributed by atoms with Crippen molar-refractivity contribution >= 4 is 35.4 Å². The maximum Gasteiger partial charge on any atom is 0.328 e. The summed E-state index contributed by atoms with van der Waals surface area (Å²) in [6.45, 7) is 5.56. The van der Waals surface area contributed by atoms with E-state index >= 15 is 0 Å². The number of aliphatic imine (C=N–C) groups is 1. The molecule has 1 aliphatic heterocycles. The molecule has 3 aromatic carbocycles. The highest BCUT2D eigenvalue weighted by atomic mass is 35.5. The summed E-state index contributed by atoms with van der Waals surface area (Å²) < 4.78 is 26.3. The van der Waals surface area contributed by atoms with E-state index in [1.165, 1.54) is 47.3 Å². The van der Waals surface area contributed by atoms with Gasteiger partial charge in [0.15, 0.2) is 0 Å². The predicted octanol–water partition coefficient (Wildman–Crippen LogP) is 6.71. The topological polar surface area (TPSA) is 138 Å². The Labute approximate surface area is 291 Å². The largest absolute Gasteiger partial charge is 0.488 e. The van der Waals surface area contributed by atoms with E-state index in [9.17, 15) is 14.0 Å². The molecular weight excluding hydrogens is 647 g/mol. The second-order valence-electron chi connectivity index (χ2n) is 11.3. The van der Waals surface area contributed by atoms with E-state index in [-0.39, 0.29) is 23.6 Å². The summed E-state index contributed by atoms with van der Waals surface area (Å²) in [4.78, 5) is 32.4. The van der Waals surface area contributed by atoms with Crippen molar-refractivity contribution in [3.8, 4) is 22.6 Å². The first-order valence-corrected chi connectivity index (χ1v) is 16.9. The lowest BCUT2D eigenvalue weighted by molar-refractivity contribution is -0.145. The number of hydrogen-bond acceptors (Lipinski definition) is 8. The molecule has 1 amide bonds. The maximum absolute atomic E-state index is 13.6. The molecule has 0 spiro atoms. The van der Waals surface area contributed by atoms with Crippen LogP contribution in [0, 0.1) is 5.82 Å². The van der Waals surface area contributed by atoms with Crippen molar-refractivity contribution in [2.75, 3.05) is 32.5 Å². The van der Waals surface area contributed by atoms with Crippen molar-refractivity contribution < 1.29 is 23.5 Å². The van der Waals surface area contributed by atoms with Gasteiger partial charge in [0.05, 0.1) is 36.1 Å². The average Bonchev–Trinajstić information content (AvgIpc) is 3.77. The zero-order valence-electron chi connectivity index (χ0n) is 28.1. The lowest BCUT2D eigenvalue weighted by Crippen LogP contribution is -2.41. The molecule has 2 atom stereocenters. The first-order chi connectivity index (χ1) is 23.8. The first kappa shape index (κ1) is 37.1. The van der Waals surface area contributed by atoms with E-state index in [1.807, 2.05) is 62.5 Å². The number of aromatic nitrogens is 2. The lowest BCUT2D eigenvalue weighted by Gasteiger charge is -2.21. The molecule has 4 aromatic rings. The number of nitrogens with two attached hydrogens (primary N) is 2. The molecule has 5 rings (SSSR count). The summed E-state index contributed by atoms with van der Waals surface area (Å²) >= 11 is 6.18. The Morgan fingerprint density at radius 2 is 1.86 bits per heavy atom. The minimum absolute atomic E-state index is 0.142. The van der Waals surface area contributed by atoms with Crippen LogP contribution in [0.25, 0.3) is 16.8 Å². The van der Waals surface area contributed by atoms with Crippen LogP contribution in [0.2, 0.25) is 5.02 Å². The molecular formula is C37H44ClFN6O4. The zero-order chi connectivity index (χ0) is 35.3. The van der Waals surface area contributed by atoms with Gasteiger partial charge in [-0.2, -0.15) is 5.10 Å². The molecule has 1 aliphatic rings. The number of benzene rings is 3. The zero-order valence-corrected chi connectivity index (χ0v) is 28.9. The van der Waals surface area contributed by atoms with Gasteiger partial charge in [-0.05, 0) is 66.9 Å². The number of carbonyl (C=O) groups excluding carboxylic acids is 2. The highest BCUT2D eigenvalue weighted by Crippen LogP contribution is 2.32. The quantitative estimate of drug-likeness (QED) is 0.0688. The maximum atomic E-state index is 13.6. The molecule has 12 heteroatoms. The fourth-order valence-electron chi connectivity index (χ4n) is 5.63. The number of amides is 1. The van der Waals surface area contributed by atoms with Gasteiger partial charge in [0.1, 0.15) is 23.7 Å². The normalized spacial score (nSPS) is 15.6. The fraction of sp³-hybridized carbons (Fsp3) is 0.351. The molecule has 0 radical (unpaired) electrons. The van der Waals surface area contributed by atoms with Crippen LogP contribution in [0.15, 0.2) is 78.0 Å². The number of hydrogen-bond donors (Lipinski definition) is 2. The van der Waals surface area contributed by atoms with Crippen LogP contribution >= 0.6 is 11.6 Å². The van der Waals surface area contributed by atoms with E-state index in [0.717, 1.165) is 42.4 Å². The smallest absolute Gasteiger partial charge is 0.328 e. The molecule has 260 valence electrons. The van der Waals surface area contributed by atoms with Crippen molar-refractivity contribution in [2.45, 2.75) is 58.1 Å². The Hall–Kier alpha value is -4.74. The number of anilines is 1. The van der Waals surface area contributed by atoms with Crippen LogP contribution in [0.3, 0.4) is 0 Å². The van der Waals surface area contributed by atoms with Crippen LogP contribution in [-0.4, -0.2) is 71.7 Å². The third kappa shape index (κ3) is 9.45. The summed E-state index contributed by atoms with van der Waals surface area (Å²) in [7, 11) is 1.28. The van der Waals surface area contributed by atoms with Gasteiger partial charge in [0.25, 0.3) is 5.91 Å². The monoisotopic (exact) mass is 690 g/mol. The van der Waals surface area contributed by atoms with Crippen LogP contribution in [0.1, 0.15) is 61.9 Å². The number of nitrogens with zero attached hydrogens (tertiary/aromatic N) is 4. The molecule has 1 saturated heterocycles. The Morgan fingerprint density at radius 3 is 2.61 bits per heavy atom. The third-order valence-electron chi connectivity index (χ3n) is 8.03. The van der Waals surface area contributed by atoms with Crippen LogP contribution < -0.4 is 16.2 Å². The van der Waals surface area contributed by atoms with E-state index in [2.05, 4.69) is 10.1 Å². The fourth-order valence-corrected chi connectivity index (χ4v) is 5.88. The standard InChI is InChI=1S/C35H38ClFN6O4.C2H6/c1-46-35(45)33-18-27(22-42(33)34(44)24-19-41-43(21-24)32-13-12-25(37)17-30(32)36)47-26-9-6-8-23(16-26)28-10-7-11-31(39)29(28)20-40-15-5-3-2-4-14-38;1-2/h6-13,16-17,19-21,27,33H,2-5,14-15,18,22,38-39H2,1H3;1-2H3. The Morgan fingerprint density at radius 1 is 1.08 bits per heavy atom. The molecule has 10 nitrogen and oxygen atoms in total. The second kappa shape index (κ2) is 18.1. The molecule has 2 heterocycles.